The molecule has 1 unspecified atom stereocenters. The molecule has 0 saturated heterocycles. The number of halogens is 1. The number of urea groups is 1. The van der Waals surface area contributed by atoms with Gasteiger partial charge in [-0.05, 0) is 48.9 Å². The van der Waals surface area contributed by atoms with Gasteiger partial charge in [-0.15, -0.1) is 0 Å². The van der Waals surface area contributed by atoms with Gasteiger partial charge in [0.05, 0.1) is 11.6 Å². The summed E-state index contributed by atoms with van der Waals surface area (Å²) in [6, 6.07) is 13.7. The Hall–Kier alpha value is -3.48. The van der Waals surface area contributed by atoms with Crippen LogP contribution in [0.25, 0.3) is 17.0 Å². The van der Waals surface area contributed by atoms with E-state index in [0.717, 1.165) is 29.7 Å². The molecule has 1 N–H and O–H groups in total. The van der Waals surface area contributed by atoms with Crippen LogP contribution in [0.5, 0.6) is 0 Å². The number of nitrogens with one attached hydrogen (secondary N) is 1. The Labute approximate surface area is 193 Å². The molecule has 1 aliphatic heterocycles. The van der Waals surface area contributed by atoms with Crippen molar-refractivity contribution in [1.82, 2.24) is 20.4 Å². The van der Waals surface area contributed by atoms with Gasteiger partial charge >= 0.3 is 6.03 Å². The number of aromatic nitrogens is 2. The minimum absolute atomic E-state index is 0.147. The van der Waals surface area contributed by atoms with E-state index >= 15 is 0 Å². The quantitative estimate of drug-likeness (QED) is 0.482. The third kappa shape index (κ3) is 4.82. The van der Waals surface area contributed by atoms with E-state index in [1.807, 2.05) is 19.1 Å². The van der Waals surface area contributed by atoms with Crippen molar-refractivity contribution in [1.29, 1.82) is 0 Å². The predicted molar refractivity (Wildman–Crippen MR) is 126 cm³/mol. The fourth-order valence-corrected chi connectivity index (χ4v) is 3.99. The zero-order valence-electron chi connectivity index (χ0n) is 19.4. The molecule has 2 amide bonds. The Bertz CT molecular complexity index is 1170. The van der Waals surface area contributed by atoms with Crippen molar-refractivity contribution in [2.75, 3.05) is 6.54 Å². The van der Waals surface area contributed by atoms with E-state index in [-0.39, 0.29) is 11.8 Å². The number of rotatable bonds is 7. The van der Waals surface area contributed by atoms with Crippen LogP contribution in [-0.2, 0) is 6.42 Å². The lowest BCUT2D eigenvalue weighted by Crippen LogP contribution is -2.46. The number of carbonyl (C=O) groups excluding carboxylic acids is 1. The Morgan fingerprint density at radius 1 is 1.18 bits per heavy atom. The van der Waals surface area contributed by atoms with Gasteiger partial charge in [0, 0.05) is 17.8 Å². The highest BCUT2D eigenvalue weighted by Crippen LogP contribution is 2.37. The average molecular weight is 449 g/mol. The molecule has 0 bridgehead atoms. The topological polar surface area (TPSA) is 71.3 Å². The summed E-state index contributed by atoms with van der Waals surface area (Å²) in [7, 11) is 0. The number of hydrogen-bond acceptors (Lipinski definition) is 4. The maximum Gasteiger partial charge on any atom is 0.322 e. The van der Waals surface area contributed by atoms with Gasteiger partial charge in [0.25, 0.3) is 5.89 Å². The van der Waals surface area contributed by atoms with Crippen LogP contribution in [0.1, 0.15) is 57.2 Å². The van der Waals surface area contributed by atoms with Crippen LogP contribution in [-0.4, -0.2) is 27.6 Å². The Morgan fingerprint density at radius 2 is 1.94 bits per heavy atom. The number of benzene rings is 2. The van der Waals surface area contributed by atoms with Gasteiger partial charge in [-0.2, -0.15) is 4.98 Å². The van der Waals surface area contributed by atoms with Crippen LogP contribution in [0.2, 0.25) is 0 Å². The van der Waals surface area contributed by atoms with Crippen LogP contribution in [0.4, 0.5) is 9.18 Å². The number of amides is 2. The molecule has 1 atom stereocenters. The predicted octanol–water partition coefficient (Wildman–Crippen LogP) is 5.98. The van der Waals surface area contributed by atoms with Gasteiger partial charge in [-0.1, -0.05) is 62.3 Å². The molecule has 3 aromatic rings. The molecule has 0 radical (unpaired) electrons. The highest BCUT2D eigenvalue weighted by molar-refractivity contribution is 5.86. The van der Waals surface area contributed by atoms with E-state index in [1.54, 1.807) is 17.0 Å². The van der Waals surface area contributed by atoms with Gasteiger partial charge in [0.1, 0.15) is 5.82 Å². The second-order valence-corrected chi connectivity index (χ2v) is 8.74. The zero-order chi connectivity index (χ0) is 23.5. The second kappa shape index (κ2) is 9.57. The van der Waals surface area contributed by atoms with Crippen LogP contribution < -0.4 is 5.32 Å². The molecule has 33 heavy (non-hydrogen) atoms. The van der Waals surface area contributed by atoms with Crippen LogP contribution in [0.3, 0.4) is 0 Å². The molecule has 2 heterocycles. The lowest BCUT2D eigenvalue weighted by Gasteiger charge is -2.35. The van der Waals surface area contributed by atoms with Gasteiger partial charge in [0.2, 0.25) is 5.82 Å². The molecular formula is C26H29FN4O2. The fraction of sp³-hybridized carbons (Fsp3) is 0.346. The Balaban J connectivity index is 1.78. The lowest BCUT2D eigenvalue weighted by molar-refractivity contribution is 0.202. The van der Waals surface area contributed by atoms with Crippen molar-refractivity contribution >= 4 is 11.6 Å². The summed E-state index contributed by atoms with van der Waals surface area (Å²) in [6.07, 6.45) is 1.80. The van der Waals surface area contributed by atoms with E-state index in [0.29, 0.717) is 29.7 Å². The second-order valence-electron chi connectivity index (χ2n) is 8.74. The lowest BCUT2D eigenvalue weighted by atomic mass is 9.93. The molecule has 4 rings (SSSR count). The maximum atomic E-state index is 13.7. The van der Waals surface area contributed by atoms with Crippen molar-refractivity contribution in [2.24, 2.45) is 5.92 Å². The summed E-state index contributed by atoms with van der Waals surface area (Å²) >= 11 is 0. The van der Waals surface area contributed by atoms with E-state index in [9.17, 15) is 9.18 Å². The first kappa shape index (κ1) is 22.7. The van der Waals surface area contributed by atoms with Crippen molar-refractivity contribution in [3.05, 3.63) is 77.1 Å². The first-order valence-corrected chi connectivity index (χ1v) is 11.3. The normalized spacial score (nSPS) is 16.5. The van der Waals surface area contributed by atoms with E-state index in [2.05, 4.69) is 48.4 Å². The van der Waals surface area contributed by atoms with E-state index in [4.69, 9.17) is 4.52 Å². The summed E-state index contributed by atoms with van der Waals surface area (Å²) in [5.41, 5.74) is 4.21. The monoisotopic (exact) mass is 448 g/mol. The minimum Gasteiger partial charge on any atom is -0.334 e. The standard InChI is InChI=1S/C26H29FN4O2/c1-5-18-9-11-19(12-10-18)23-22(17(4)31(26(32)28-23)14-13-16(2)3)25-29-24(30-33-25)20-7-6-8-21(27)15-20/h6-12,15-16,23H,5,13-14H2,1-4H3,(H,28,32). The molecule has 0 saturated carbocycles. The van der Waals surface area contributed by atoms with Gasteiger partial charge in [-0.25, -0.2) is 9.18 Å². The molecule has 2 aromatic carbocycles. The number of aryl methyl sites for hydroxylation is 1. The smallest absolute Gasteiger partial charge is 0.322 e. The summed E-state index contributed by atoms with van der Waals surface area (Å²) in [5, 5.41) is 7.22. The van der Waals surface area contributed by atoms with Crippen molar-refractivity contribution < 1.29 is 13.7 Å². The zero-order valence-corrected chi connectivity index (χ0v) is 19.4. The number of hydrogen-bond donors (Lipinski definition) is 1. The highest BCUT2D eigenvalue weighted by Gasteiger charge is 2.35. The Kier molecular flexibility index (Phi) is 6.58. The van der Waals surface area contributed by atoms with E-state index in [1.165, 1.54) is 17.7 Å². The van der Waals surface area contributed by atoms with Gasteiger partial charge < -0.3 is 9.84 Å². The summed E-state index contributed by atoms with van der Waals surface area (Å²) in [6.45, 7) is 8.86. The first-order chi connectivity index (χ1) is 15.9. The van der Waals surface area contributed by atoms with Crippen molar-refractivity contribution in [2.45, 2.75) is 46.6 Å². The van der Waals surface area contributed by atoms with Crippen LogP contribution in [0, 0.1) is 11.7 Å². The first-order valence-electron chi connectivity index (χ1n) is 11.3. The van der Waals surface area contributed by atoms with Crippen molar-refractivity contribution in [3.8, 4) is 11.4 Å². The molecular weight excluding hydrogens is 419 g/mol. The molecule has 1 aliphatic rings. The number of allylic oxidation sites excluding steroid dienone is 1. The largest absolute Gasteiger partial charge is 0.334 e. The van der Waals surface area contributed by atoms with Gasteiger partial charge in [-0.3, -0.25) is 4.90 Å². The maximum absolute atomic E-state index is 13.7. The molecule has 6 nitrogen and oxygen atoms in total. The fourth-order valence-electron chi connectivity index (χ4n) is 3.99. The summed E-state index contributed by atoms with van der Waals surface area (Å²) < 4.78 is 19.4. The van der Waals surface area contributed by atoms with Crippen LogP contribution in [0.15, 0.2) is 58.8 Å². The average Bonchev–Trinajstić information content (AvgIpc) is 3.28. The van der Waals surface area contributed by atoms with Crippen molar-refractivity contribution in [3.63, 3.8) is 0 Å². The summed E-state index contributed by atoms with van der Waals surface area (Å²) in [4.78, 5) is 19.4. The third-order valence-corrected chi connectivity index (χ3v) is 5.99. The third-order valence-electron chi connectivity index (χ3n) is 5.99. The molecule has 172 valence electrons. The molecule has 0 spiro atoms. The minimum atomic E-state index is -0.431. The Morgan fingerprint density at radius 3 is 2.61 bits per heavy atom. The van der Waals surface area contributed by atoms with Crippen LogP contribution >= 0.6 is 0 Å². The van der Waals surface area contributed by atoms with Gasteiger partial charge in [0.15, 0.2) is 0 Å². The molecule has 0 aliphatic carbocycles. The molecule has 7 heteroatoms. The highest BCUT2D eigenvalue weighted by atomic mass is 19.1. The van der Waals surface area contributed by atoms with E-state index < -0.39 is 6.04 Å². The summed E-state index contributed by atoms with van der Waals surface area (Å²) in [5.74, 6) is 0.700. The SMILES string of the molecule is CCc1ccc(C2NC(=O)N(CCC(C)C)C(C)=C2c2nc(-c3cccc(F)c3)no2)cc1. The molecule has 1 aromatic heterocycles. The molecule has 0 fully saturated rings. The number of carbonyl (C=O) groups is 1. The number of nitrogens with zero attached hydrogens (tertiary/aromatic N) is 3.